The molecule has 0 aliphatic rings. The van der Waals surface area contributed by atoms with Gasteiger partial charge in [-0.2, -0.15) is 0 Å². The molecule has 2 rings (SSSR count). The minimum Gasteiger partial charge on any atom is -0.316 e. The van der Waals surface area contributed by atoms with Crippen LogP contribution in [0.5, 0.6) is 0 Å². The van der Waals surface area contributed by atoms with Gasteiger partial charge in [-0.25, -0.2) is 0 Å². The lowest BCUT2D eigenvalue weighted by Crippen LogP contribution is -2.13. The lowest BCUT2D eigenvalue weighted by atomic mass is 10.1. The Morgan fingerprint density at radius 2 is 1.90 bits per heavy atom. The van der Waals surface area contributed by atoms with E-state index in [0.717, 1.165) is 10.0 Å². The molecule has 0 spiro atoms. The molecule has 0 saturated carbocycles. The second-order valence-corrected chi connectivity index (χ2v) is 6.11. The van der Waals surface area contributed by atoms with Crippen molar-refractivity contribution in [1.29, 1.82) is 0 Å². The van der Waals surface area contributed by atoms with Gasteiger partial charge in [-0.3, -0.25) is 14.9 Å². The van der Waals surface area contributed by atoms with Gasteiger partial charge in [0.25, 0.3) is 11.6 Å². The minimum absolute atomic E-state index is 0.161. The van der Waals surface area contributed by atoms with Crippen LogP contribution in [0.15, 0.2) is 45.3 Å². The van der Waals surface area contributed by atoms with Gasteiger partial charge < -0.3 is 5.32 Å². The second-order valence-electron chi connectivity index (χ2n) is 4.34. The summed E-state index contributed by atoms with van der Waals surface area (Å²) in [6, 6.07) is 9.60. The molecule has 0 heterocycles. The van der Waals surface area contributed by atoms with Gasteiger partial charge in [0.1, 0.15) is 5.69 Å². The highest BCUT2D eigenvalue weighted by molar-refractivity contribution is 9.10. The predicted molar refractivity (Wildman–Crippen MR) is 87.6 cm³/mol. The molecule has 0 aliphatic carbocycles. The van der Waals surface area contributed by atoms with Gasteiger partial charge in [-0.05, 0) is 42.8 Å². The lowest BCUT2D eigenvalue weighted by Gasteiger charge is -2.07. The number of hydrogen-bond donors (Lipinski definition) is 1. The fourth-order valence-electron chi connectivity index (χ4n) is 1.74. The number of carbonyl (C=O) groups is 1. The molecule has 5 nitrogen and oxygen atoms in total. The Bertz CT molecular complexity index is 732. The molecule has 7 heteroatoms. The van der Waals surface area contributed by atoms with Crippen molar-refractivity contribution in [2.24, 2.45) is 0 Å². The van der Waals surface area contributed by atoms with Gasteiger partial charge in [0, 0.05) is 20.6 Å². The Labute approximate surface area is 137 Å². The van der Waals surface area contributed by atoms with Crippen molar-refractivity contribution in [1.82, 2.24) is 0 Å². The maximum Gasteiger partial charge on any atom is 0.293 e. The van der Waals surface area contributed by atoms with Crippen LogP contribution in [0.2, 0.25) is 0 Å². The molecular formula is C14H10Br2N2O3. The number of rotatable bonds is 3. The maximum atomic E-state index is 12.2. The van der Waals surface area contributed by atoms with Gasteiger partial charge in [0.15, 0.2) is 0 Å². The molecule has 0 atom stereocenters. The van der Waals surface area contributed by atoms with Gasteiger partial charge in [-0.15, -0.1) is 0 Å². The van der Waals surface area contributed by atoms with Crippen LogP contribution in [0.25, 0.3) is 0 Å². The molecule has 1 amide bonds. The molecule has 0 aromatic heterocycles. The highest BCUT2D eigenvalue weighted by Gasteiger charge is 2.17. The largest absolute Gasteiger partial charge is 0.316 e. The molecule has 0 bridgehead atoms. The number of nitro benzene ring substituents is 1. The first-order valence-electron chi connectivity index (χ1n) is 5.90. The molecule has 0 saturated heterocycles. The van der Waals surface area contributed by atoms with Crippen LogP contribution in [0.1, 0.15) is 15.9 Å². The Hall–Kier alpha value is -1.73. The molecule has 2 aromatic carbocycles. The Kier molecular flexibility index (Phi) is 4.74. The number of aryl methyl sites for hydroxylation is 1. The molecule has 1 N–H and O–H groups in total. The van der Waals surface area contributed by atoms with Gasteiger partial charge in [0.05, 0.1) is 4.92 Å². The summed E-state index contributed by atoms with van der Waals surface area (Å²) in [5.74, 6) is -0.393. The molecule has 0 radical (unpaired) electrons. The smallest absolute Gasteiger partial charge is 0.293 e. The van der Waals surface area contributed by atoms with E-state index in [9.17, 15) is 14.9 Å². The first-order chi connectivity index (χ1) is 9.88. The number of anilines is 1. The number of hydrogen-bond acceptors (Lipinski definition) is 3. The standard InChI is InChI=1S/C14H10Br2N2O3/c1-8-6-9(2-4-11(8)16)14(19)17-12-5-3-10(15)7-13(12)18(20)21/h2-7H,1H3,(H,17,19). The average molecular weight is 414 g/mol. The summed E-state index contributed by atoms with van der Waals surface area (Å²) in [4.78, 5) is 22.7. The predicted octanol–water partition coefficient (Wildman–Crippen LogP) is 4.68. The Morgan fingerprint density at radius 3 is 2.52 bits per heavy atom. The van der Waals surface area contributed by atoms with E-state index in [1.807, 2.05) is 6.92 Å². The normalized spacial score (nSPS) is 10.2. The van der Waals surface area contributed by atoms with Crippen LogP contribution in [0, 0.1) is 17.0 Å². The highest BCUT2D eigenvalue weighted by atomic mass is 79.9. The summed E-state index contributed by atoms with van der Waals surface area (Å²) in [7, 11) is 0. The molecule has 21 heavy (non-hydrogen) atoms. The maximum absolute atomic E-state index is 12.2. The van der Waals surface area contributed by atoms with E-state index in [2.05, 4.69) is 37.2 Å². The van der Waals surface area contributed by atoms with Crippen molar-refractivity contribution in [3.63, 3.8) is 0 Å². The SMILES string of the molecule is Cc1cc(C(=O)Nc2ccc(Br)cc2[N+](=O)[O-])ccc1Br. The van der Waals surface area contributed by atoms with Crippen LogP contribution in [-0.4, -0.2) is 10.8 Å². The van der Waals surface area contributed by atoms with E-state index in [4.69, 9.17) is 0 Å². The molecule has 108 valence electrons. The van der Waals surface area contributed by atoms with Crippen LogP contribution >= 0.6 is 31.9 Å². The topological polar surface area (TPSA) is 72.2 Å². The molecule has 0 aliphatic heterocycles. The number of nitrogens with one attached hydrogen (secondary N) is 1. The van der Waals surface area contributed by atoms with E-state index in [1.54, 1.807) is 24.3 Å². The average Bonchev–Trinajstić information content (AvgIpc) is 2.43. The number of nitrogens with zero attached hydrogens (tertiary/aromatic N) is 1. The van der Waals surface area contributed by atoms with Crippen LogP contribution in [0.4, 0.5) is 11.4 Å². The third-order valence-electron chi connectivity index (χ3n) is 2.82. The van der Waals surface area contributed by atoms with Crippen molar-refractivity contribution < 1.29 is 9.72 Å². The summed E-state index contributed by atoms with van der Waals surface area (Å²) < 4.78 is 1.47. The van der Waals surface area contributed by atoms with E-state index >= 15 is 0 Å². The number of halogens is 2. The van der Waals surface area contributed by atoms with Crippen LogP contribution in [0.3, 0.4) is 0 Å². The lowest BCUT2D eigenvalue weighted by molar-refractivity contribution is -0.384. The monoisotopic (exact) mass is 412 g/mol. The number of amides is 1. The number of nitro groups is 1. The van der Waals surface area contributed by atoms with Crippen molar-refractivity contribution in [3.05, 3.63) is 66.6 Å². The van der Waals surface area contributed by atoms with Crippen molar-refractivity contribution in [2.45, 2.75) is 6.92 Å². The second kappa shape index (κ2) is 6.36. The van der Waals surface area contributed by atoms with Gasteiger partial charge in [-0.1, -0.05) is 31.9 Å². The van der Waals surface area contributed by atoms with Crippen LogP contribution in [-0.2, 0) is 0 Å². The number of carbonyl (C=O) groups excluding carboxylic acids is 1. The van der Waals surface area contributed by atoms with Gasteiger partial charge in [0.2, 0.25) is 0 Å². The van der Waals surface area contributed by atoms with Crippen molar-refractivity contribution >= 4 is 49.1 Å². The van der Waals surface area contributed by atoms with Gasteiger partial charge >= 0.3 is 0 Å². The molecular weight excluding hydrogens is 404 g/mol. The first kappa shape index (κ1) is 15.7. The zero-order chi connectivity index (χ0) is 15.6. The summed E-state index contributed by atoms with van der Waals surface area (Å²) in [6.45, 7) is 1.86. The van der Waals surface area contributed by atoms with Crippen LogP contribution < -0.4 is 5.32 Å². The fourth-order valence-corrected chi connectivity index (χ4v) is 2.34. The number of benzene rings is 2. The van der Waals surface area contributed by atoms with E-state index < -0.39 is 10.8 Å². The minimum atomic E-state index is -0.535. The summed E-state index contributed by atoms with van der Waals surface area (Å²) in [6.07, 6.45) is 0. The summed E-state index contributed by atoms with van der Waals surface area (Å²) in [5.41, 5.74) is 1.35. The Morgan fingerprint density at radius 1 is 1.19 bits per heavy atom. The van der Waals surface area contributed by atoms with E-state index in [-0.39, 0.29) is 11.4 Å². The quantitative estimate of drug-likeness (QED) is 0.586. The Balaban J connectivity index is 2.31. The van der Waals surface area contributed by atoms with Crippen molar-refractivity contribution in [2.75, 3.05) is 5.32 Å². The molecule has 0 fully saturated rings. The molecule has 2 aromatic rings. The summed E-state index contributed by atoms with van der Waals surface area (Å²) in [5, 5.41) is 13.6. The van der Waals surface area contributed by atoms with Crippen molar-refractivity contribution in [3.8, 4) is 0 Å². The highest BCUT2D eigenvalue weighted by Crippen LogP contribution is 2.28. The van der Waals surface area contributed by atoms with E-state index in [0.29, 0.717) is 10.0 Å². The third kappa shape index (κ3) is 3.68. The van der Waals surface area contributed by atoms with E-state index in [1.165, 1.54) is 12.1 Å². The zero-order valence-corrected chi connectivity index (χ0v) is 14.1. The third-order valence-corrected chi connectivity index (χ3v) is 4.21. The summed E-state index contributed by atoms with van der Waals surface area (Å²) >= 11 is 6.53. The molecule has 0 unspecified atom stereocenters. The fraction of sp³-hybridized carbons (Fsp3) is 0.0714. The zero-order valence-electron chi connectivity index (χ0n) is 10.9. The first-order valence-corrected chi connectivity index (χ1v) is 7.48.